The Hall–Kier alpha value is -0.830. The summed E-state index contributed by atoms with van der Waals surface area (Å²) in [7, 11) is 0. The van der Waals surface area contributed by atoms with Crippen LogP contribution in [-0.4, -0.2) is 11.9 Å². The minimum atomic E-state index is 0.0377. The zero-order valence-electron chi connectivity index (χ0n) is 11.2. The van der Waals surface area contributed by atoms with Crippen LogP contribution in [0.25, 0.3) is 0 Å². The molecule has 1 N–H and O–H groups in total. The molecule has 0 spiro atoms. The fourth-order valence-electron chi connectivity index (χ4n) is 2.57. The topological polar surface area (TPSA) is 29.1 Å². The summed E-state index contributed by atoms with van der Waals surface area (Å²) in [6.07, 6.45) is 3.48. The highest BCUT2D eigenvalue weighted by Crippen LogP contribution is 2.37. The Bertz CT molecular complexity index is 468. The van der Waals surface area contributed by atoms with E-state index in [1.54, 1.807) is 0 Å². The quantitative estimate of drug-likeness (QED) is 0.876. The monoisotopic (exact) mass is 309 g/mol. The van der Waals surface area contributed by atoms with Crippen molar-refractivity contribution >= 4 is 21.8 Å². The van der Waals surface area contributed by atoms with E-state index in [9.17, 15) is 4.79 Å². The molecule has 1 amide bonds. The number of nitrogens with one attached hydrogen (secondary N) is 1. The molecule has 1 saturated carbocycles. The molecule has 1 aliphatic rings. The number of rotatable bonds is 2. The van der Waals surface area contributed by atoms with Gasteiger partial charge in [-0.25, -0.2) is 0 Å². The third kappa shape index (κ3) is 2.77. The van der Waals surface area contributed by atoms with Gasteiger partial charge in [-0.2, -0.15) is 0 Å². The molecule has 1 atom stereocenters. The van der Waals surface area contributed by atoms with Gasteiger partial charge in [0, 0.05) is 16.1 Å². The highest BCUT2D eigenvalue weighted by atomic mass is 79.9. The van der Waals surface area contributed by atoms with Crippen LogP contribution in [0.5, 0.6) is 0 Å². The van der Waals surface area contributed by atoms with Crippen molar-refractivity contribution in [2.75, 3.05) is 0 Å². The second kappa shape index (κ2) is 5.04. The Balaban J connectivity index is 2.10. The highest BCUT2D eigenvalue weighted by molar-refractivity contribution is 9.10. The zero-order valence-corrected chi connectivity index (χ0v) is 12.8. The number of carbonyl (C=O) groups excluding carboxylic acids is 1. The summed E-state index contributed by atoms with van der Waals surface area (Å²) in [5.41, 5.74) is 2.10. The van der Waals surface area contributed by atoms with Gasteiger partial charge >= 0.3 is 0 Å². The van der Waals surface area contributed by atoms with Crippen LogP contribution in [0.3, 0.4) is 0 Å². The van der Waals surface area contributed by atoms with Crippen LogP contribution in [-0.2, 0) is 0 Å². The number of carbonyl (C=O) groups is 1. The van der Waals surface area contributed by atoms with Crippen molar-refractivity contribution in [1.82, 2.24) is 5.32 Å². The molecular weight excluding hydrogens is 290 g/mol. The van der Waals surface area contributed by atoms with Gasteiger partial charge in [0.05, 0.1) is 0 Å². The lowest BCUT2D eigenvalue weighted by Crippen LogP contribution is -2.41. The van der Waals surface area contributed by atoms with Crippen molar-refractivity contribution in [3.8, 4) is 0 Å². The fourth-order valence-corrected chi connectivity index (χ4v) is 2.95. The lowest BCUT2D eigenvalue weighted by atomic mass is 9.87. The molecule has 0 radical (unpaired) electrons. The summed E-state index contributed by atoms with van der Waals surface area (Å²) in [5.74, 6) is 0.0377. The fraction of sp³-hybridized carbons (Fsp3) is 0.533. The van der Waals surface area contributed by atoms with Crippen molar-refractivity contribution in [3.63, 3.8) is 0 Å². The first kappa shape index (κ1) is 13.6. The van der Waals surface area contributed by atoms with Crippen LogP contribution in [0.4, 0.5) is 0 Å². The van der Waals surface area contributed by atoms with E-state index < -0.39 is 0 Å². The van der Waals surface area contributed by atoms with Gasteiger partial charge in [-0.1, -0.05) is 42.3 Å². The average molecular weight is 310 g/mol. The van der Waals surface area contributed by atoms with E-state index in [4.69, 9.17) is 0 Å². The molecule has 1 aromatic rings. The summed E-state index contributed by atoms with van der Waals surface area (Å²) in [6.45, 7) is 6.48. The molecule has 1 aliphatic carbocycles. The van der Waals surface area contributed by atoms with Crippen LogP contribution in [0, 0.1) is 12.3 Å². The second-order valence-electron chi connectivity index (χ2n) is 5.87. The Labute approximate surface area is 117 Å². The van der Waals surface area contributed by atoms with Gasteiger partial charge in [0.1, 0.15) is 0 Å². The summed E-state index contributed by atoms with van der Waals surface area (Å²) in [6, 6.07) is 6.05. The summed E-state index contributed by atoms with van der Waals surface area (Å²) in [4.78, 5) is 12.2. The number of halogens is 1. The SMILES string of the molecule is Cc1ccc(C(=O)NC2CCCC2(C)C)cc1Br. The van der Waals surface area contributed by atoms with Gasteiger partial charge in [-0.3, -0.25) is 4.79 Å². The lowest BCUT2D eigenvalue weighted by molar-refractivity contribution is 0.0910. The number of amides is 1. The van der Waals surface area contributed by atoms with Gasteiger partial charge in [0.15, 0.2) is 0 Å². The van der Waals surface area contributed by atoms with Crippen LogP contribution in [0.15, 0.2) is 22.7 Å². The Morgan fingerprint density at radius 2 is 2.17 bits per heavy atom. The minimum absolute atomic E-state index is 0.0377. The van der Waals surface area contributed by atoms with Crippen molar-refractivity contribution in [2.45, 2.75) is 46.1 Å². The first-order valence-electron chi connectivity index (χ1n) is 6.47. The summed E-state index contributed by atoms with van der Waals surface area (Å²) >= 11 is 3.47. The average Bonchev–Trinajstić information content (AvgIpc) is 2.62. The molecule has 2 rings (SSSR count). The van der Waals surface area contributed by atoms with E-state index in [2.05, 4.69) is 35.1 Å². The number of hydrogen-bond acceptors (Lipinski definition) is 1. The summed E-state index contributed by atoms with van der Waals surface area (Å²) in [5, 5.41) is 3.17. The van der Waals surface area contributed by atoms with Gasteiger partial charge in [-0.05, 0) is 42.9 Å². The van der Waals surface area contributed by atoms with Crippen molar-refractivity contribution in [2.24, 2.45) is 5.41 Å². The van der Waals surface area contributed by atoms with E-state index in [-0.39, 0.29) is 11.3 Å². The third-order valence-corrected chi connectivity index (χ3v) is 4.85. The summed E-state index contributed by atoms with van der Waals surface area (Å²) < 4.78 is 0.987. The van der Waals surface area contributed by atoms with E-state index in [1.165, 1.54) is 12.8 Å². The Morgan fingerprint density at radius 1 is 1.44 bits per heavy atom. The molecule has 0 aromatic heterocycles. The van der Waals surface area contributed by atoms with E-state index in [0.717, 1.165) is 22.0 Å². The number of aryl methyl sites for hydroxylation is 1. The number of hydrogen-bond donors (Lipinski definition) is 1. The Morgan fingerprint density at radius 3 is 2.72 bits per heavy atom. The molecule has 0 bridgehead atoms. The minimum Gasteiger partial charge on any atom is -0.349 e. The molecule has 3 heteroatoms. The van der Waals surface area contributed by atoms with Crippen molar-refractivity contribution in [3.05, 3.63) is 33.8 Å². The van der Waals surface area contributed by atoms with Crippen LogP contribution < -0.4 is 5.32 Å². The van der Waals surface area contributed by atoms with Crippen LogP contribution in [0.2, 0.25) is 0 Å². The second-order valence-corrected chi connectivity index (χ2v) is 6.73. The van der Waals surface area contributed by atoms with Gasteiger partial charge in [0.2, 0.25) is 0 Å². The first-order valence-corrected chi connectivity index (χ1v) is 7.26. The molecule has 0 aliphatic heterocycles. The molecule has 1 aromatic carbocycles. The van der Waals surface area contributed by atoms with Crippen molar-refractivity contribution in [1.29, 1.82) is 0 Å². The standard InChI is InChI=1S/C15H20BrNO/c1-10-6-7-11(9-12(10)16)14(18)17-13-5-4-8-15(13,2)3/h6-7,9,13H,4-5,8H2,1-3H3,(H,17,18). The van der Waals surface area contributed by atoms with E-state index in [1.807, 2.05) is 25.1 Å². The van der Waals surface area contributed by atoms with Gasteiger partial charge in [-0.15, -0.1) is 0 Å². The van der Waals surface area contributed by atoms with E-state index in [0.29, 0.717) is 6.04 Å². The van der Waals surface area contributed by atoms with E-state index >= 15 is 0 Å². The smallest absolute Gasteiger partial charge is 0.251 e. The molecule has 1 unspecified atom stereocenters. The third-order valence-electron chi connectivity index (χ3n) is 4.00. The lowest BCUT2D eigenvalue weighted by Gasteiger charge is -2.27. The molecule has 1 fully saturated rings. The number of benzene rings is 1. The normalized spacial score (nSPS) is 21.9. The molecule has 18 heavy (non-hydrogen) atoms. The zero-order chi connectivity index (χ0) is 13.3. The molecule has 2 nitrogen and oxygen atoms in total. The van der Waals surface area contributed by atoms with Crippen molar-refractivity contribution < 1.29 is 4.79 Å². The Kier molecular flexibility index (Phi) is 3.81. The largest absolute Gasteiger partial charge is 0.349 e. The van der Waals surface area contributed by atoms with Crippen LogP contribution in [0.1, 0.15) is 49.0 Å². The molecule has 98 valence electrons. The predicted molar refractivity (Wildman–Crippen MR) is 77.8 cm³/mol. The molecule has 0 saturated heterocycles. The highest BCUT2D eigenvalue weighted by Gasteiger charge is 2.35. The molecule has 0 heterocycles. The maximum absolute atomic E-state index is 12.2. The predicted octanol–water partition coefficient (Wildman–Crippen LogP) is 4.07. The first-order chi connectivity index (χ1) is 8.40. The maximum Gasteiger partial charge on any atom is 0.251 e. The maximum atomic E-state index is 12.2. The molecular formula is C15H20BrNO. The van der Waals surface area contributed by atoms with Crippen LogP contribution >= 0.6 is 15.9 Å². The van der Waals surface area contributed by atoms with Gasteiger partial charge < -0.3 is 5.32 Å². The van der Waals surface area contributed by atoms with Gasteiger partial charge in [0.25, 0.3) is 5.91 Å².